The van der Waals surface area contributed by atoms with Crippen molar-refractivity contribution in [1.82, 2.24) is 0 Å². The van der Waals surface area contributed by atoms with Gasteiger partial charge in [-0.05, 0) is 38.7 Å². The minimum absolute atomic E-state index is 0.719. The normalized spacial score (nSPS) is 12.1. The summed E-state index contributed by atoms with van der Waals surface area (Å²) in [7, 11) is 4.65. The Morgan fingerprint density at radius 1 is 1.00 bits per heavy atom. The van der Waals surface area contributed by atoms with Crippen LogP contribution in [0.4, 0.5) is 0 Å². The van der Waals surface area contributed by atoms with Crippen molar-refractivity contribution in [3.63, 3.8) is 0 Å². The van der Waals surface area contributed by atoms with Gasteiger partial charge in [0, 0.05) is 0 Å². The van der Waals surface area contributed by atoms with E-state index in [1.165, 1.54) is 31.4 Å². The third kappa shape index (κ3) is 4.36. The molecule has 0 aliphatic heterocycles. The molecular weight excluding hydrogens is 194 g/mol. The molecule has 0 heterocycles. The lowest BCUT2D eigenvalue weighted by Gasteiger charge is -2.34. The summed E-state index contributed by atoms with van der Waals surface area (Å²) in [5.41, 5.74) is 1.47. The van der Waals surface area contributed by atoms with E-state index in [1.54, 1.807) is 0 Å². The minimum atomic E-state index is 0.719. The largest absolute Gasteiger partial charge is 0.327 e. The molecular formula is C15H26N+. The molecule has 1 nitrogen and oxygen atoms in total. The van der Waals surface area contributed by atoms with Gasteiger partial charge in [-0.3, -0.25) is 0 Å². The van der Waals surface area contributed by atoms with Crippen LogP contribution in [-0.4, -0.2) is 31.2 Å². The van der Waals surface area contributed by atoms with Gasteiger partial charge in [0.2, 0.25) is 0 Å². The fourth-order valence-electron chi connectivity index (χ4n) is 1.75. The highest BCUT2D eigenvalue weighted by atomic mass is 15.3. The zero-order valence-corrected chi connectivity index (χ0v) is 11.2. The highest BCUT2D eigenvalue weighted by molar-refractivity contribution is 5.14. The van der Waals surface area contributed by atoms with Crippen molar-refractivity contribution in [2.45, 2.75) is 39.2 Å². The molecule has 0 N–H and O–H groups in total. The topological polar surface area (TPSA) is 0 Å². The molecule has 1 heteroatoms. The van der Waals surface area contributed by atoms with Crippen LogP contribution < -0.4 is 0 Å². The van der Waals surface area contributed by atoms with Gasteiger partial charge in [0.25, 0.3) is 0 Å². The van der Waals surface area contributed by atoms with Crippen molar-refractivity contribution in [3.05, 3.63) is 35.9 Å². The third-order valence-electron chi connectivity index (χ3n) is 3.69. The first kappa shape index (κ1) is 13.2. The Hall–Kier alpha value is -0.820. The first-order valence-corrected chi connectivity index (χ1v) is 6.39. The molecule has 0 aromatic heterocycles. The van der Waals surface area contributed by atoms with Crippen molar-refractivity contribution < 1.29 is 4.48 Å². The number of quaternary nitrogens is 1. The molecule has 0 unspecified atom stereocenters. The molecule has 1 aromatic carbocycles. The predicted molar refractivity (Wildman–Crippen MR) is 71.5 cm³/mol. The molecule has 0 saturated carbocycles. The van der Waals surface area contributed by atoms with Gasteiger partial charge in [-0.1, -0.05) is 30.3 Å². The zero-order valence-electron chi connectivity index (χ0n) is 11.2. The lowest BCUT2D eigenvalue weighted by atomic mass is 10.1. The summed E-state index contributed by atoms with van der Waals surface area (Å²) in [6.07, 6.45) is 3.84. The van der Waals surface area contributed by atoms with Crippen molar-refractivity contribution >= 4 is 0 Å². The average Bonchev–Trinajstić information content (AvgIpc) is 2.26. The Bertz CT molecular complexity index is 288. The highest BCUT2D eigenvalue weighted by Gasteiger charge is 2.18. The van der Waals surface area contributed by atoms with E-state index in [0.717, 1.165) is 10.5 Å². The van der Waals surface area contributed by atoms with E-state index in [-0.39, 0.29) is 0 Å². The lowest BCUT2D eigenvalue weighted by Crippen LogP contribution is -2.46. The number of aryl methyl sites for hydroxylation is 1. The Morgan fingerprint density at radius 2 is 1.62 bits per heavy atom. The van der Waals surface area contributed by atoms with Crippen LogP contribution in [0.5, 0.6) is 0 Å². The molecule has 0 amide bonds. The van der Waals surface area contributed by atoms with E-state index in [4.69, 9.17) is 0 Å². The molecule has 0 atom stereocenters. The van der Waals surface area contributed by atoms with Crippen LogP contribution in [0.15, 0.2) is 30.3 Å². The van der Waals surface area contributed by atoms with Gasteiger partial charge in [-0.2, -0.15) is 0 Å². The molecule has 0 spiro atoms. The van der Waals surface area contributed by atoms with E-state index in [1.807, 2.05) is 0 Å². The van der Waals surface area contributed by atoms with Crippen molar-refractivity contribution in [1.29, 1.82) is 0 Å². The average molecular weight is 220 g/mol. The number of unbranched alkanes of at least 4 members (excludes halogenated alkanes) is 1. The number of hydrogen-bond donors (Lipinski definition) is 0. The molecule has 90 valence electrons. The summed E-state index contributed by atoms with van der Waals surface area (Å²) in [4.78, 5) is 0. The Labute approximate surface area is 101 Å². The van der Waals surface area contributed by atoms with Gasteiger partial charge < -0.3 is 4.48 Å². The molecule has 0 fully saturated rings. The molecule has 0 aliphatic carbocycles. The maximum absolute atomic E-state index is 2.33. The Balaban J connectivity index is 2.22. The predicted octanol–water partition coefficient (Wildman–Crippen LogP) is 3.49. The minimum Gasteiger partial charge on any atom is -0.327 e. The van der Waals surface area contributed by atoms with E-state index in [9.17, 15) is 0 Å². The van der Waals surface area contributed by atoms with Gasteiger partial charge in [-0.25, -0.2) is 0 Å². The smallest absolute Gasteiger partial charge is 0.0829 e. The second-order valence-corrected chi connectivity index (χ2v) is 5.54. The number of hydrogen-bond acceptors (Lipinski definition) is 0. The van der Waals surface area contributed by atoms with Crippen molar-refractivity contribution in [2.75, 3.05) is 20.6 Å². The Morgan fingerprint density at radius 3 is 2.19 bits per heavy atom. The second-order valence-electron chi connectivity index (χ2n) is 5.54. The van der Waals surface area contributed by atoms with E-state index in [0.29, 0.717) is 0 Å². The van der Waals surface area contributed by atoms with Crippen LogP contribution in [0.2, 0.25) is 0 Å². The molecule has 1 aromatic rings. The van der Waals surface area contributed by atoms with E-state index >= 15 is 0 Å². The summed E-state index contributed by atoms with van der Waals surface area (Å²) in [5.74, 6) is 0. The SMILES string of the molecule is CC(C)[N+](C)(C)CCCCc1ccccc1. The van der Waals surface area contributed by atoms with E-state index in [2.05, 4.69) is 58.3 Å². The first-order chi connectivity index (χ1) is 7.52. The lowest BCUT2D eigenvalue weighted by molar-refractivity contribution is -0.911. The zero-order chi connectivity index (χ0) is 12.0. The standard InChI is InChI=1S/C15H26N/c1-14(2)16(3,4)13-9-8-12-15-10-6-5-7-11-15/h5-7,10-11,14H,8-9,12-13H2,1-4H3/q+1. The molecule has 1 rings (SSSR count). The van der Waals surface area contributed by atoms with Crippen LogP contribution in [0, 0.1) is 0 Å². The van der Waals surface area contributed by atoms with Crippen LogP contribution in [0.25, 0.3) is 0 Å². The van der Waals surface area contributed by atoms with Gasteiger partial charge >= 0.3 is 0 Å². The Kier molecular flexibility index (Phi) is 5.01. The van der Waals surface area contributed by atoms with Crippen LogP contribution in [0.1, 0.15) is 32.3 Å². The second kappa shape index (κ2) is 6.05. The number of nitrogens with zero attached hydrogens (tertiary/aromatic N) is 1. The fraction of sp³-hybridized carbons (Fsp3) is 0.600. The molecule has 16 heavy (non-hydrogen) atoms. The summed E-state index contributed by atoms with van der Waals surface area (Å²) in [6, 6.07) is 11.5. The quantitative estimate of drug-likeness (QED) is 0.508. The van der Waals surface area contributed by atoms with Gasteiger partial charge in [0.1, 0.15) is 0 Å². The van der Waals surface area contributed by atoms with E-state index < -0.39 is 0 Å². The maximum atomic E-state index is 2.33. The van der Waals surface area contributed by atoms with Crippen molar-refractivity contribution in [3.8, 4) is 0 Å². The third-order valence-corrected chi connectivity index (χ3v) is 3.69. The van der Waals surface area contributed by atoms with Crippen LogP contribution in [0.3, 0.4) is 0 Å². The molecule has 0 aliphatic rings. The molecule has 0 saturated heterocycles. The number of rotatable bonds is 6. The molecule has 0 bridgehead atoms. The summed E-state index contributed by atoms with van der Waals surface area (Å²) < 4.78 is 1.13. The monoisotopic (exact) mass is 220 g/mol. The van der Waals surface area contributed by atoms with Crippen molar-refractivity contribution in [2.24, 2.45) is 0 Å². The first-order valence-electron chi connectivity index (χ1n) is 6.39. The highest BCUT2D eigenvalue weighted by Crippen LogP contribution is 2.10. The van der Waals surface area contributed by atoms with Crippen LogP contribution >= 0.6 is 0 Å². The van der Waals surface area contributed by atoms with Gasteiger partial charge in [0.15, 0.2) is 0 Å². The van der Waals surface area contributed by atoms with Gasteiger partial charge in [-0.15, -0.1) is 0 Å². The van der Waals surface area contributed by atoms with Crippen LogP contribution in [-0.2, 0) is 6.42 Å². The maximum Gasteiger partial charge on any atom is 0.0829 e. The molecule has 0 radical (unpaired) electrons. The summed E-state index contributed by atoms with van der Waals surface area (Å²) in [5, 5.41) is 0. The van der Waals surface area contributed by atoms with Gasteiger partial charge in [0.05, 0.1) is 26.7 Å². The summed E-state index contributed by atoms with van der Waals surface area (Å²) >= 11 is 0. The fourth-order valence-corrected chi connectivity index (χ4v) is 1.75. The summed E-state index contributed by atoms with van der Waals surface area (Å²) in [6.45, 7) is 5.89. The number of benzene rings is 1.